The lowest BCUT2D eigenvalue weighted by molar-refractivity contribution is 0.469. The van der Waals surface area contributed by atoms with Gasteiger partial charge in [-0.1, -0.05) is 11.6 Å². The molecule has 0 unspecified atom stereocenters. The molecule has 2 rings (SSSR count). The van der Waals surface area contributed by atoms with E-state index in [1.165, 1.54) is 35.0 Å². The molecular formula is C11H12BrClN4O2S2. The third-order valence-corrected chi connectivity index (χ3v) is 6.40. The number of pyridine rings is 1. The van der Waals surface area contributed by atoms with Gasteiger partial charge in [-0.3, -0.25) is 0 Å². The van der Waals surface area contributed by atoms with Crippen LogP contribution in [0.2, 0.25) is 5.02 Å². The number of nitrogens with one attached hydrogen (secondary N) is 1. The van der Waals surface area contributed by atoms with Crippen molar-refractivity contribution in [1.82, 2.24) is 9.29 Å². The molecule has 114 valence electrons. The molecule has 0 amide bonds. The minimum Gasteiger partial charge on any atom is -0.307 e. The predicted octanol–water partition coefficient (Wildman–Crippen LogP) is 2.67. The standard InChI is InChI=1S/C11H12BrClN4O2S2/c1-17(5-8-2-7(12)6-20-8)21(18,19)9-3-10(13)11(16-14)15-4-9/h2-4,6H,5,14H2,1H3,(H,15,16). The number of hydrogen-bond acceptors (Lipinski definition) is 6. The molecule has 0 radical (unpaired) electrons. The van der Waals surface area contributed by atoms with Crippen molar-refractivity contribution in [3.8, 4) is 0 Å². The lowest BCUT2D eigenvalue weighted by Gasteiger charge is -2.16. The minimum atomic E-state index is -3.67. The van der Waals surface area contributed by atoms with Gasteiger partial charge >= 0.3 is 0 Å². The summed E-state index contributed by atoms with van der Waals surface area (Å²) in [5.41, 5.74) is 2.29. The largest absolute Gasteiger partial charge is 0.307 e. The minimum absolute atomic E-state index is 0.0182. The van der Waals surface area contributed by atoms with Crippen molar-refractivity contribution in [2.45, 2.75) is 11.4 Å². The molecule has 0 aromatic carbocycles. The Morgan fingerprint density at radius 2 is 2.24 bits per heavy atom. The molecule has 21 heavy (non-hydrogen) atoms. The van der Waals surface area contributed by atoms with Crippen LogP contribution in [-0.2, 0) is 16.6 Å². The van der Waals surface area contributed by atoms with Gasteiger partial charge in [0.15, 0.2) is 5.82 Å². The van der Waals surface area contributed by atoms with Crippen molar-refractivity contribution in [2.75, 3.05) is 12.5 Å². The van der Waals surface area contributed by atoms with Gasteiger partial charge in [0.1, 0.15) is 4.90 Å². The molecule has 2 aromatic rings. The second-order valence-electron chi connectivity index (χ2n) is 4.14. The molecule has 3 N–H and O–H groups in total. The fourth-order valence-electron chi connectivity index (χ4n) is 1.59. The number of nitrogens with two attached hydrogens (primary N) is 1. The summed E-state index contributed by atoms with van der Waals surface area (Å²) in [5, 5.41) is 2.04. The van der Waals surface area contributed by atoms with Crippen LogP contribution in [-0.4, -0.2) is 24.8 Å². The zero-order chi connectivity index (χ0) is 15.6. The molecule has 0 aliphatic heterocycles. The van der Waals surface area contributed by atoms with E-state index in [1.807, 2.05) is 11.4 Å². The molecule has 0 saturated carbocycles. The number of sulfonamides is 1. The molecule has 0 fully saturated rings. The Hall–Kier alpha value is -0.710. The average molecular weight is 412 g/mol. The van der Waals surface area contributed by atoms with E-state index in [9.17, 15) is 8.42 Å². The highest BCUT2D eigenvalue weighted by Crippen LogP contribution is 2.26. The summed E-state index contributed by atoms with van der Waals surface area (Å²) in [6.07, 6.45) is 1.22. The lowest BCUT2D eigenvalue weighted by atomic mass is 10.5. The van der Waals surface area contributed by atoms with Crippen LogP contribution < -0.4 is 11.3 Å². The van der Waals surface area contributed by atoms with E-state index in [-0.39, 0.29) is 22.3 Å². The quantitative estimate of drug-likeness (QED) is 0.583. The molecule has 0 atom stereocenters. The van der Waals surface area contributed by atoms with Gasteiger partial charge in [0.2, 0.25) is 10.0 Å². The number of hydrazine groups is 1. The first-order valence-corrected chi connectivity index (χ1v) is 9.15. The van der Waals surface area contributed by atoms with E-state index in [0.717, 1.165) is 9.35 Å². The van der Waals surface area contributed by atoms with Crippen LogP contribution in [0.5, 0.6) is 0 Å². The molecule has 0 spiro atoms. The van der Waals surface area contributed by atoms with E-state index in [0.29, 0.717) is 0 Å². The summed E-state index contributed by atoms with van der Waals surface area (Å²) >= 11 is 10.7. The fraction of sp³-hybridized carbons (Fsp3) is 0.182. The third kappa shape index (κ3) is 3.74. The Morgan fingerprint density at radius 1 is 1.52 bits per heavy atom. The first-order valence-electron chi connectivity index (χ1n) is 5.66. The molecule has 6 nitrogen and oxygen atoms in total. The molecule has 0 aliphatic rings. The molecule has 0 aliphatic carbocycles. The zero-order valence-electron chi connectivity index (χ0n) is 10.9. The van der Waals surface area contributed by atoms with Crippen LogP contribution in [0.4, 0.5) is 5.82 Å². The van der Waals surface area contributed by atoms with Crippen molar-refractivity contribution in [3.05, 3.63) is 38.1 Å². The van der Waals surface area contributed by atoms with Gasteiger partial charge in [-0.2, -0.15) is 4.31 Å². The van der Waals surface area contributed by atoms with Crippen LogP contribution in [0.3, 0.4) is 0 Å². The summed E-state index contributed by atoms with van der Waals surface area (Å²) in [7, 11) is -2.16. The van der Waals surface area contributed by atoms with Gasteiger partial charge < -0.3 is 5.43 Å². The highest BCUT2D eigenvalue weighted by Gasteiger charge is 2.23. The zero-order valence-corrected chi connectivity index (χ0v) is 14.9. The van der Waals surface area contributed by atoms with Gasteiger partial charge in [-0.15, -0.1) is 11.3 Å². The Labute approximate surface area is 140 Å². The Bertz CT molecular complexity index is 750. The summed E-state index contributed by atoms with van der Waals surface area (Å²) < 4.78 is 27.1. The lowest BCUT2D eigenvalue weighted by Crippen LogP contribution is -2.26. The number of thiophene rings is 1. The van der Waals surface area contributed by atoms with E-state index >= 15 is 0 Å². The van der Waals surface area contributed by atoms with Crippen molar-refractivity contribution >= 4 is 54.7 Å². The highest BCUT2D eigenvalue weighted by molar-refractivity contribution is 9.10. The molecule has 0 saturated heterocycles. The number of halogens is 2. The van der Waals surface area contributed by atoms with Gasteiger partial charge in [-0.05, 0) is 28.1 Å². The fourth-order valence-corrected chi connectivity index (χ4v) is 4.58. The van der Waals surface area contributed by atoms with Gasteiger partial charge in [0.05, 0.1) is 5.02 Å². The third-order valence-electron chi connectivity index (χ3n) is 2.66. The SMILES string of the molecule is CN(Cc1cc(Br)cs1)S(=O)(=O)c1cnc(NN)c(Cl)c1. The average Bonchev–Trinajstić information content (AvgIpc) is 2.83. The van der Waals surface area contributed by atoms with Crippen molar-refractivity contribution in [2.24, 2.45) is 5.84 Å². The summed E-state index contributed by atoms with van der Waals surface area (Å²) in [5.74, 6) is 5.44. The first kappa shape index (κ1) is 16.7. The van der Waals surface area contributed by atoms with Crippen LogP contribution in [0.15, 0.2) is 33.1 Å². The maximum Gasteiger partial charge on any atom is 0.244 e. The molecular weight excluding hydrogens is 400 g/mol. The van der Waals surface area contributed by atoms with Gasteiger partial charge in [0, 0.05) is 34.5 Å². The number of aromatic nitrogens is 1. The van der Waals surface area contributed by atoms with Crippen LogP contribution in [0, 0.1) is 0 Å². The molecule has 2 heterocycles. The second kappa shape index (κ2) is 6.59. The summed E-state index contributed by atoms with van der Waals surface area (Å²) in [6, 6.07) is 3.20. The van der Waals surface area contributed by atoms with E-state index in [1.54, 1.807) is 0 Å². The first-order chi connectivity index (χ1) is 9.84. The molecule has 2 aromatic heterocycles. The van der Waals surface area contributed by atoms with Crippen molar-refractivity contribution in [3.63, 3.8) is 0 Å². The smallest absolute Gasteiger partial charge is 0.244 e. The highest BCUT2D eigenvalue weighted by atomic mass is 79.9. The van der Waals surface area contributed by atoms with E-state index in [4.69, 9.17) is 17.4 Å². The molecule has 10 heteroatoms. The number of anilines is 1. The van der Waals surface area contributed by atoms with E-state index < -0.39 is 10.0 Å². The summed E-state index contributed by atoms with van der Waals surface area (Å²) in [4.78, 5) is 4.82. The topological polar surface area (TPSA) is 88.3 Å². The number of nitrogen functional groups attached to an aromatic ring is 1. The number of hydrogen-bond donors (Lipinski definition) is 2. The van der Waals surface area contributed by atoms with Crippen LogP contribution in [0.1, 0.15) is 4.88 Å². The Kier molecular flexibility index (Phi) is 5.23. The van der Waals surface area contributed by atoms with Crippen molar-refractivity contribution < 1.29 is 8.42 Å². The maximum absolute atomic E-state index is 12.5. The second-order valence-corrected chi connectivity index (χ2v) is 8.50. The monoisotopic (exact) mass is 410 g/mol. The van der Waals surface area contributed by atoms with Crippen LogP contribution in [0.25, 0.3) is 0 Å². The predicted molar refractivity (Wildman–Crippen MR) is 87.7 cm³/mol. The number of rotatable bonds is 5. The Balaban J connectivity index is 2.26. The van der Waals surface area contributed by atoms with Gasteiger partial charge in [-0.25, -0.2) is 19.2 Å². The summed E-state index contributed by atoms with van der Waals surface area (Å²) in [6.45, 7) is 0.271. The van der Waals surface area contributed by atoms with Gasteiger partial charge in [0.25, 0.3) is 0 Å². The van der Waals surface area contributed by atoms with Crippen molar-refractivity contribution in [1.29, 1.82) is 0 Å². The Morgan fingerprint density at radius 3 is 2.76 bits per heavy atom. The molecule has 0 bridgehead atoms. The van der Waals surface area contributed by atoms with E-state index in [2.05, 4.69) is 26.3 Å². The maximum atomic E-state index is 12.5. The normalized spacial score (nSPS) is 11.9. The number of nitrogens with zero attached hydrogens (tertiary/aromatic N) is 2. The van der Waals surface area contributed by atoms with Crippen LogP contribution >= 0.6 is 38.9 Å².